The summed E-state index contributed by atoms with van der Waals surface area (Å²) in [6, 6.07) is 0. The molecule has 0 spiro atoms. The topological polar surface area (TPSA) is 60.9 Å². The van der Waals surface area contributed by atoms with Crippen LogP contribution in [-0.2, 0) is 6.54 Å². The van der Waals surface area contributed by atoms with Gasteiger partial charge in [-0.3, -0.25) is 9.48 Å². The first kappa shape index (κ1) is 13.4. The Morgan fingerprint density at radius 2 is 2.31 bits per heavy atom. The lowest BCUT2D eigenvalue weighted by Crippen LogP contribution is -2.11. The number of nitrogens with two attached hydrogens (primary N) is 1. The van der Waals surface area contributed by atoms with Gasteiger partial charge < -0.3 is 5.73 Å². The van der Waals surface area contributed by atoms with Crippen LogP contribution in [0.25, 0.3) is 0 Å². The second-order valence-corrected chi connectivity index (χ2v) is 4.59. The molecule has 0 aromatic carbocycles. The molecule has 4 nitrogen and oxygen atoms in total. The van der Waals surface area contributed by atoms with Crippen molar-refractivity contribution in [2.45, 2.75) is 39.2 Å². The van der Waals surface area contributed by atoms with Crippen molar-refractivity contribution >= 4 is 21.7 Å². The lowest BCUT2D eigenvalue weighted by Gasteiger charge is -2.05. The summed E-state index contributed by atoms with van der Waals surface area (Å²) in [4.78, 5) is 12.0. The smallest absolute Gasteiger partial charge is 0.182 e. The lowest BCUT2D eigenvalue weighted by molar-refractivity contribution is 0.0968. The predicted octanol–water partition coefficient (Wildman–Crippen LogP) is 2.37. The second-order valence-electron chi connectivity index (χ2n) is 3.73. The normalized spacial score (nSPS) is 10.7. The number of hydrogen-bond donors (Lipinski definition) is 1. The molecule has 0 fully saturated rings. The summed E-state index contributed by atoms with van der Waals surface area (Å²) in [5.74, 6) is 0.145. The van der Waals surface area contributed by atoms with Gasteiger partial charge in [-0.25, -0.2) is 0 Å². The molecule has 0 saturated carbocycles. The summed E-state index contributed by atoms with van der Waals surface area (Å²) in [7, 11) is 0. The van der Waals surface area contributed by atoms with Gasteiger partial charge in [0, 0.05) is 13.0 Å². The van der Waals surface area contributed by atoms with Crippen LogP contribution in [0.1, 0.15) is 43.1 Å². The predicted molar refractivity (Wildman–Crippen MR) is 67.5 cm³/mol. The Morgan fingerprint density at radius 3 is 2.94 bits per heavy atom. The summed E-state index contributed by atoms with van der Waals surface area (Å²) in [5.41, 5.74) is 6.10. The minimum absolute atomic E-state index is 0.145. The summed E-state index contributed by atoms with van der Waals surface area (Å²) in [6.45, 7) is 3.49. The summed E-state index contributed by atoms with van der Waals surface area (Å²) in [6.07, 6.45) is 4.94. The third kappa shape index (κ3) is 3.42. The molecule has 16 heavy (non-hydrogen) atoms. The van der Waals surface area contributed by atoms with E-state index in [1.54, 1.807) is 10.9 Å². The Morgan fingerprint density at radius 1 is 1.56 bits per heavy atom. The summed E-state index contributed by atoms with van der Waals surface area (Å²) in [5, 5.41) is 4.18. The number of carbonyl (C=O) groups is 1. The number of nitrogens with zero attached hydrogens (tertiary/aromatic N) is 2. The van der Waals surface area contributed by atoms with Crippen LogP contribution in [-0.4, -0.2) is 22.1 Å². The van der Waals surface area contributed by atoms with Crippen LogP contribution in [0.15, 0.2) is 10.7 Å². The zero-order valence-electron chi connectivity index (χ0n) is 9.58. The standard InChI is InChI=1S/C11H18BrN3O/c1-2-7-15-11(9(12)8-14-15)10(16)5-3-4-6-13/h8H,2-7,13H2,1H3. The molecule has 1 rings (SSSR count). The number of Topliss-reactive ketones (excluding diaryl/α,β-unsaturated/α-hetero) is 1. The van der Waals surface area contributed by atoms with Crippen molar-refractivity contribution in [3.05, 3.63) is 16.4 Å². The van der Waals surface area contributed by atoms with Crippen LogP contribution in [0.2, 0.25) is 0 Å². The highest BCUT2D eigenvalue weighted by Gasteiger charge is 2.15. The number of halogens is 1. The number of ketones is 1. The molecule has 90 valence electrons. The van der Waals surface area contributed by atoms with E-state index in [-0.39, 0.29) is 5.78 Å². The van der Waals surface area contributed by atoms with Gasteiger partial charge in [0.05, 0.1) is 10.7 Å². The molecule has 0 atom stereocenters. The van der Waals surface area contributed by atoms with Gasteiger partial charge in [-0.2, -0.15) is 5.10 Å². The van der Waals surface area contributed by atoms with E-state index in [2.05, 4.69) is 28.0 Å². The number of aromatic nitrogens is 2. The van der Waals surface area contributed by atoms with Gasteiger partial charge in [-0.15, -0.1) is 0 Å². The molecule has 0 aliphatic carbocycles. The molecule has 0 saturated heterocycles. The largest absolute Gasteiger partial charge is 0.330 e. The first-order valence-corrected chi connectivity index (χ1v) is 6.44. The number of carbonyl (C=O) groups excluding carboxylic acids is 1. The van der Waals surface area contributed by atoms with E-state index in [1.807, 2.05) is 0 Å². The molecule has 1 aromatic rings. The minimum atomic E-state index is 0.145. The molecular formula is C11H18BrN3O. The molecule has 2 N–H and O–H groups in total. The molecule has 0 aliphatic heterocycles. The Kier molecular flexibility index (Phi) is 5.69. The van der Waals surface area contributed by atoms with Crippen molar-refractivity contribution in [2.75, 3.05) is 6.54 Å². The molecule has 0 radical (unpaired) electrons. The van der Waals surface area contributed by atoms with Crippen molar-refractivity contribution in [1.29, 1.82) is 0 Å². The maximum atomic E-state index is 12.0. The van der Waals surface area contributed by atoms with Crippen LogP contribution in [0, 0.1) is 0 Å². The number of unbranched alkanes of at least 4 members (excludes halogenated alkanes) is 1. The first-order chi connectivity index (χ1) is 7.70. The van der Waals surface area contributed by atoms with Gasteiger partial charge in [0.1, 0.15) is 5.69 Å². The lowest BCUT2D eigenvalue weighted by atomic mass is 10.1. The quantitative estimate of drug-likeness (QED) is 0.619. The van der Waals surface area contributed by atoms with Crippen LogP contribution >= 0.6 is 15.9 Å². The number of hydrogen-bond acceptors (Lipinski definition) is 3. The molecule has 1 aromatic heterocycles. The second kappa shape index (κ2) is 6.81. The van der Waals surface area contributed by atoms with Crippen LogP contribution in [0.5, 0.6) is 0 Å². The third-order valence-corrected chi connectivity index (χ3v) is 2.93. The molecule has 0 amide bonds. The van der Waals surface area contributed by atoms with E-state index in [0.29, 0.717) is 18.7 Å². The molecule has 1 heterocycles. The fraction of sp³-hybridized carbons (Fsp3) is 0.636. The van der Waals surface area contributed by atoms with Crippen molar-refractivity contribution in [3.63, 3.8) is 0 Å². The highest BCUT2D eigenvalue weighted by Crippen LogP contribution is 2.19. The zero-order valence-corrected chi connectivity index (χ0v) is 11.2. The number of rotatable bonds is 7. The Balaban J connectivity index is 2.69. The average molecular weight is 288 g/mol. The molecular weight excluding hydrogens is 270 g/mol. The van der Waals surface area contributed by atoms with Gasteiger partial charge >= 0.3 is 0 Å². The zero-order chi connectivity index (χ0) is 12.0. The summed E-state index contributed by atoms with van der Waals surface area (Å²) < 4.78 is 2.56. The van der Waals surface area contributed by atoms with E-state index in [4.69, 9.17) is 5.73 Å². The first-order valence-electron chi connectivity index (χ1n) is 5.65. The maximum Gasteiger partial charge on any atom is 0.182 e. The van der Waals surface area contributed by atoms with Gasteiger partial charge in [-0.05, 0) is 41.7 Å². The fourth-order valence-corrected chi connectivity index (χ4v) is 2.09. The van der Waals surface area contributed by atoms with Crippen molar-refractivity contribution < 1.29 is 4.79 Å². The van der Waals surface area contributed by atoms with Crippen LogP contribution in [0.4, 0.5) is 0 Å². The van der Waals surface area contributed by atoms with E-state index in [0.717, 1.165) is 30.3 Å². The Hall–Kier alpha value is -0.680. The Bertz CT molecular complexity index is 349. The summed E-state index contributed by atoms with van der Waals surface area (Å²) >= 11 is 3.37. The monoisotopic (exact) mass is 287 g/mol. The van der Waals surface area contributed by atoms with E-state index in [9.17, 15) is 4.79 Å². The van der Waals surface area contributed by atoms with Gasteiger partial charge in [0.25, 0.3) is 0 Å². The van der Waals surface area contributed by atoms with Crippen molar-refractivity contribution in [2.24, 2.45) is 5.73 Å². The van der Waals surface area contributed by atoms with Crippen LogP contribution in [0.3, 0.4) is 0 Å². The maximum absolute atomic E-state index is 12.0. The van der Waals surface area contributed by atoms with Gasteiger partial charge in [0.2, 0.25) is 0 Å². The Labute approximate surface area is 104 Å². The third-order valence-electron chi connectivity index (χ3n) is 2.35. The highest BCUT2D eigenvalue weighted by atomic mass is 79.9. The molecule has 5 heteroatoms. The average Bonchev–Trinajstić information content (AvgIpc) is 2.61. The minimum Gasteiger partial charge on any atom is -0.330 e. The fourth-order valence-electron chi connectivity index (χ4n) is 1.57. The number of aryl methyl sites for hydroxylation is 1. The van der Waals surface area contributed by atoms with Gasteiger partial charge in [0.15, 0.2) is 5.78 Å². The van der Waals surface area contributed by atoms with Crippen LogP contribution < -0.4 is 5.73 Å². The van der Waals surface area contributed by atoms with Crippen molar-refractivity contribution in [3.8, 4) is 0 Å². The van der Waals surface area contributed by atoms with E-state index in [1.165, 1.54) is 0 Å². The van der Waals surface area contributed by atoms with E-state index < -0.39 is 0 Å². The van der Waals surface area contributed by atoms with Gasteiger partial charge in [-0.1, -0.05) is 6.92 Å². The SMILES string of the molecule is CCCn1ncc(Br)c1C(=O)CCCCN. The highest BCUT2D eigenvalue weighted by molar-refractivity contribution is 9.10. The molecule has 0 bridgehead atoms. The van der Waals surface area contributed by atoms with Crippen molar-refractivity contribution in [1.82, 2.24) is 9.78 Å². The molecule has 0 aliphatic rings. The van der Waals surface area contributed by atoms with E-state index >= 15 is 0 Å². The molecule has 0 unspecified atom stereocenters.